The molecule has 0 heterocycles. The molecule has 108 valence electrons. The van der Waals surface area contributed by atoms with Crippen molar-refractivity contribution in [3.05, 3.63) is 34.4 Å². The fraction of sp³-hybridized carbons (Fsp3) is 0.625. The van der Waals surface area contributed by atoms with E-state index in [9.17, 15) is 0 Å². The second-order valence-corrected chi connectivity index (χ2v) is 5.18. The van der Waals surface area contributed by atoms with Gasteiger partial charge in [0.2, 0.25) is 0 Å². The Bertz CT molecular complexity index is 367. The van der Waals surface area contributed by atoms with Crippen molar-refractivity contribution in [2.24, 2.45) is 0 Å². The van der Waals surface area contributed by atoms with Crippen LogP contribution in [0, 0.1) is 20.8 Å². The number of hydrogen-bond acceptors (Lipinski definition) is 3. The number of aryl methyl sites for hydroxylation is 3. The Kier molecular flexibility index (Phi) is 7.06. The summed E-state index contributed by atoms with van der Waals surface area (Å²) >= 11 is 0. The van der Waals surface area contributed by atoms with Crippen molar-refractivity contribution in [3.63, 3.8) is 0 Å². The maximum atomic E-state index is 8.60. The molecule has 19 heavy (non-hydrogen) atoms. The molecule has 1 aromatic rings. The van der Waals surface area contributed by atoms with E-state index >= 15 is 0 Å². The van der Waals surface area contributed by atoms with Crippen LogP contribution in [0.15, 0.2) is 12.1 Å². The molecule has 0 aliphatic heterocycles. The fourth-order valence-electron chi connectivity index (χ4n) is 2.64. The Balaban J connectivity index is 2.43. The van der Waals surface area contributed by atoms with Gasteiger partial charge in [-0.2, -0.15) is 0 Å². The van der Waals surface area contributed by atoms with Crippen LogP contribution < -0.4 is 5.32 Å². The number of aliphatic hydroxyl groups is 1. The number of benzene rings is 1. The summed E-state index contributed by atoms with van der Waals surface area (Å²) < 4.78 is 5.24. The van der Waals surface area contributed by atoms with E-state index in [0.29, 0.717) is 19.3 Å². The van der Waals surface area contributed by atoms with Crippen LogP contribution in [0.4, 0.5) is 0 Å². The van der Waals surface area contributed by atoms with Crippen LogP contribution in [0.1, 0.15) is 41.6 Å². The van der Waals surface area contributed by atoms with Crippen LogP contribution in [0.2, 0.25) is 0 Å². The first kappa shape index (κ1) is 16.2. The van der Waals surface area contributed by atoms with Gasteiger partial charge in [-0.15, -0.1) is 0 Å². The summed E-state index contributed by atoms with van der Waals surface area (Å²) in [6.45, 7) is 10.9. The van der Waals surface area contributed by atoms with Gasteiger partial charge in [-0.3, -0.25) is 0 Å². The summed E-state index contributed by atoms with van der Waals surface area (Å²) in [5.74, 6) is 0. The van der Waals surface area contributed by atoms with Crippen molar-refractivity contribution < 1.29 is 9.84 Å². The molecule has 0 radical (unpaired) electrons. The SMILES string of the molecule is Cc1cc(C)c(C(C)NCCCOCCO)c(C)c1. The smallest absolute Gasteiger partial charge is 0.0697 e. The van der Waals surface area contributed by atoms with Gasteiger partial charge in [0, 0.05) is 12.6 Å². The third kappa shape index (κ3) is 5.31. The fourth-order valence-corrected chi connectivity index (χ4v) is 2.64. The number of ether oxygens (including phenoxy) is 1. The summed E-state index contributed by atoms with van der Waals surface area (Å²) in [5, 5.41) is 12.1. The molecular weight excluding hydrogens is 238 g/mol. The highest BCUT2D eigenvalue weighted by molar-refractivity contribution is 5.39. The summed E-state index contributed by atoms with van der Waals surface area (Å²) in [4.78, 5) is 0. The van der Waals surface area contributed by atoms with Gasteiger partial charge in [-0.05, 0) is 57.4 Å². The Morgan fingerprint density at radius 1 is 1.16 bits per heavy atom. The number of hydrogen-bond donors (Lipinski definition) is 2. The molecule has 0 aromatic heterocycles. The van der Waals surface area contributed by atoms with E-state index in [1.807, 2.05) is 0 Å². The van der Waals surface area contributed by atoms with Gasteiger partial charge in [0.1, 0.15) is 0 Å². The molecule has 3 heteroatoms. The normalized spacial score (nSPS) is 12.7. The van der Waals surface area contributed by atoms with Crippen LogP contribution in [0.5, 0.6) is 0 Å². The van der Waals surface area contributed by atoms with E-state index in [0.717, 1.165) is 13.0 Å². The average Bonchev–Trinajstić information content (AvgIpc) is 2.32. The van der Waals surface area contributed by atoms with Gasteiger partial charge in [0.25, 0.3) is 0 Å². The number of aliphatic hydroxyl groups excluding tert-OH is 1. The Morgan fingerprint density at radius 2 is 1.79 bits per heavy atom. The lowest BCUT2D eigenvalue weighted by atomic mass is 9.95. The summed E-state index contributed by atoms with van der Waals surface area (Å²) in [6.07, 6.45) is 0.967. The van der Waals surface area contributed by atoms with E-state index in [4.69, 9.17) is 9.84 Å². The molecule has 0 fully saturated rings. The lowest BCUT2D eigenvalue weighted by molar-refractivity contribution is 0.0904. The van der Waals surface area contributed by atoms with Crippen molar-refractivity contribution in [1.82, 2.24) is 5.32 Å². The van der Waals surface area contributed by atoms with Crippen LogP contribution in [0.3, 0.4) is 0 Å². The zero-order chi connectivity index (χ0) is 14.3. The minimum atomic E-state index is 0.103. The van der Waals surface area contributed by atoms with Gasteiger partial charge in [0.05, 0.1) is 13.2 Å². The first-order chi connectivity index (χ1) is 9.06. The highest BCUT2D eigenvalue weighted by Crippen LogP contribution is 2.23. The maximum absolute atomic E-state index is 8.60. The summed E-state index contributed by atoms with van der Waals surface area (Å²) in [6, 6.07) is 4.84. The third-order valence-electron chi connectivity index (χ3n) is 3.32. The maximum Gasteiger partial charge on any atom is 0.0697 e. The molecule has 0 aliphatic rings. The van der Waals surface area contributed by atoms with Crippen LogP contribution in [-0.2, 0) is 4.74 Å². The van der Waals surface area contributed by atoms with Crippen molar-refractivity contribution in [1.29, 1.82) is 0 Å². The molecule has 0 saturated heterocycles. The lowest BCUT2D eigenvalue weighted by Crippen LogP contribution is -2.22. The molecule has 1 rings (SSSR count). The first-order valence-corrected chi connectivity index (χ1v) is 7.06. The first-order valence-electron chi connectivity index (χ1n) is 7.06. The van der Waals surface area contributed by atoms with E-state index in [1.54, 1.807) is 0 Å². The summed E-state index contributed by atoms with van der Waals surface area (Å²) in [5.41, 5.74) is 5.44. The topological polar surface area (TPSA) is 41.5 Å². The molecule has 0 bridgehead atoms. The Hall–Kier alpha value is -0.900. The number of nitrogens with one attached hydrogen (secondary N) is 1. The predicted octanol–water partition coefficient (Wildman–Crippen LogP) is 2.66. The molecule has 0 spiro atoms. The quantitative estimate of drug-likeness (QED) is 0.710. The third-order valence-corrected chi connectivity index (χ3v) is 3.32. The predicted molar refractivity (Wildman–Crippen MR) is 79.6 cm³/mol. The molecule has 1 unspecified atom stereocenters. The van der Waals surface area contributed by atoms with Crippen LogP contribution in [-0.4, -0.2) is 31.5 Å². The van der Waals surface area contributed by atoms with Gasteiger partial charge in [-0.1, -0.05) is 17.7 Å². The van der Waals surface area contributed by atoms with E-state index in [-0.39, 0.29) is 6.61 Å². The zero-order valence-electron chi connectivity index (χ0n) is 12.6. The molecule has 0 aliphatic carbocycles. The van der Waals surface area contributed by atoms with Crippen molar-refractivity contribution >= 4 is 0 Å². The average molecular weight is 265 g/mol. The van der Waals surface area contributed by atoms with E-state index in [2.05, 4.69) is 45.1 Å². The molecule has 0 amide bonds. The molecular formula is C16H27NO2. The van der Waals surface area contributed by atoms with Gasteiger partial charge >= 0.3 is 0 Å². The highest BCUT2D eigenvalue weighted by Gasteiger charge is 2.11. The van der Waals surface area contributed by atoms with E-state index < -0.39 is 0 Å². The van der Waals surface area contributed by atoms with Crippen LogP contribution >= 0.6 is 0 Å². The number of rotatable bonds is 8. The molecule has 3 nitrogen and oxygen atoms in total. The van der Waals surface area contributed by atoms with E-state index in [1.165, 1.54) is 22.3 Å². The lowest BCUT2D eigenvalue weighted by Gasteiger charge is -2.20. The second kappa shape index (κ2) is 8.31. The van der Waals surface area contributed by atoms with Gasteiger partial charge in [-0.25, -0.2) is 0 Å². The molecule has 1 atom stereocenters. The largest absolute Gasteiger partial charge is 0.394 e. The van der Waals surface area contributed by atoms with Crippen LogP contribution in [0.25, 0.3) is 0 Å². The monoisotopic (exact) mass is 265 g/mol. The van der Waals surface area contributed by atoms with Crippen molar-refractivity contribution in [3.8, 4) is 0 Å². The van der Waals surface area contributed by atoms with Crippen molar-refractivity contribution in [2.45, 2.75) is 40.2 Å². The molecule has 2 N–H and O–H groups in total. The van der Waals surface area contributed by atoms with Gasteiger partial charge < -0.3 is 15.2 Å². The Morgan fingerprint density at radius 3 is 2.37 bits per heavy atom. The zero-order valence-corrected chi connectivity index (χ0v) is 12.6. The standard InChI is InChI=1S/C16H27NO2/c1-12-10-13(2)16(14(3)11-12)15(4)17-6-5-8-19-9-7-18/h10-11,15,17-18H,5-9H2,1-4H3. The minimum Gasteiger partial charge on any atom is -0.394 e. The van der Waals surface area contributed by atoms with Crippen molar-refractivity contribution in [2.75, 3.05) is 26.4 Å². The van der Waals surface area contributed by atoms with Gasteiger partial charge in [0.15, 0.2) is 0 Å². The highest BCUT2D eigenvalue weighted by atomic mass is 16.5. The minimum absolute atomic E-state index is 0.103. The second-order valence-electron chi connectivity index (χ2n) is 5.18. The molecule has 0 saturated carbocycles. The Labute approximate surface area is 117 Å². The molecule has 1 aromatic carbocycles. The summed E-state index contributed by atoms with van der Waals surface area (Å²) in [7, 11) is 0.